The third-order valence-electron chi connectivity index (χ3n) is 2.79. The summed E-state index contributed by atoms with van der Waals surface area (Å²) in [6.07, 6.45) is 0.567. The molecule has 0 aliphatic heterocycles. The molecule has 2 aromatic rings. The summed E-state index contributed by atoms with van der Waals surface area (Å²) < 4.78 is 12.9. The predicted molar refractivity (Wildman–Crippen MR) is 76.6 cm³/mol. The van der Waals surface area contributed by atoms with E-state index in [1.54, 1.807) is 12.1 Å². The van der Waals surface area contributed by atoms with Gasteiger partial charge in [0.05, 0.1) is 10.6 Å². The molecule has 0 fully saturated rings. The van der Waals surface area contributed by atoms with E-state index >= 15 is 0 Å². The van der Waals surface area contributed by atoms with Gasteiger partial charge < -0.3 is 10.4 Å². The highest BCUT2D eigenvalue weighted by Gasteiger charge is 2.11. The van der Waals surface area contributed by atoms with Gasteiger partial charge in [0.1, 0.15) is 5.82 Å². The van der Waals surface area contributed by atoms with E-state index in [0.717, 1.165) is 11.6 Å². The molecule has 2 rings (SSSR count). The Labute approximate surface area is 121 Å². The van der Waals surface area contributed by atoms with Gasteiger partial charge in [-0.1, -0.05) is 23.7 Å². The molecule has 0 saturated heterocycles. The van der Waals surface area contributed by atoms with Crippen LogP contribution < -0.4 is 5.32 Å². The van der Waals surface area contributed by atoms with Gasteiger partial charge in [-0.05, 0) is 42.3 Å². The van der Waals surface area contributed by atoms with Crippen molar-refractivity contribution in [3.05, 3.63) is 64.4 Å². The molecule has 104 valence electrons. The van der Waals surface area contributed by atoms with Gasteiger partial charge in [-0.15, -0.1) is 0 Å². The van der Waals surface area contributed by atoms with Crippen LogP contribution in [0.25, 0.3) is 0 Å². The van der Waals surface area contributed by atoms with Crippen LogP contribution in [0.5, 0.6) is 0 Å². The van der Waals surface area contributed by atoms with Crippen LogP contribution in [-0.4, -0.2) is 17.6 Å². The Morgan fingerprint density at radius 2 is 1.90 bits per heavy atom. The zero-order chi connectivity index (χ0) is 14.5. The van der Waals surface area contributed by atoms with E-state index in [1.165, 1.54) is 12.1 Å². The maximum Gasteiger partial charge on any atom is 0.257 e. The van der Waals surface area contributed by atoms with Crippen molar-refractivity contribution >= 4 is 23.2 Å². The minimum absolute atomic E-state index is 0.0689. The number of aliphatic hydroxyl groups excluding tert-OH is 1. The van der Waals surface area contributed by atoms with Crippen LogP contribution >= 0.6 is 11.6 Å². The van der Waals surface area contributed by atoms with E-state index in [-0.39, 0.29) is 17.2 Å². The van der Waals surface area contributed by atoms with Gasteiger partial charge in [0, 0.05) is 12.3 Å². The first-order valence-corrected chi connectivity index (χ1v) is 6.44. The van der Waals surface area contributed by atoms with Crippen molar-refractivity contribution in [3.63, 3.8) is 0 Å². The summed E-state index contributed by atoms with van der Waals surface area (Å²) >= 11 is 5.83. The Hall–Kier alpha value is -1.91. The summed E-state index contributed by atoms with van der Waals surface area (Å²) in [7, 11) is 0. The molecule has 5 heteroatoms. The number of nitrogens with one attached hydrogen (secondary N) is 1. The second-order valence-corrected chi connectivity index (χ2v) is 4.66. The van der Waals surface area contributed by atoms with Crippen molar-refractivity contribution in [2.75, 3.05) is 11.9 Å². The van der Waals surface area contributed by atoms with Crippen LogP contribution in [0, 0.1) is 5.82 Å². The van der Waals surface area contributed by atoms with Gasteiger partial charge in [0.2, 0.25) is 0 Å². The number of hydrogen-bond donors (Lipinski definition) is 2. The number of benzene rings is 2. The number of carbonyl (C=O) groups excluding carboxylic acids is 1. The fraction of sp³-hybridized carbons (Fsp3) is 0.133. The third kappa shape index (κ3) is 3.56. The van der Waals surface area contributed by atoms with E-state index in [0.29, 0.717) is 12.1 Å². The fourth-order valence-corrected chi connectivity index (χ4v) is 2.01. The molecule has 0 bridgehead atoms. The van der Waals surface area contributed by atoms with Crippen LogP contribution in [0.15, 0.2) is 42.5 Å². The molecule has 0 aromatic heterocycles. The zero-order valence-electron chi connectivity index (χ0n) is 10.6. The van der Waals surface area contributed by atoms with Crippen molar-refractivity contribution in [2.24, 2.45) is 0 Å². The van der Waals surface area contributed by atoms with Gasteiger partial charge in [0.15, 0.2) is 0 Å². The fourth-order valence-electron chi connectivity index (χ4n) is 1.76. The molecular weight excluding hydrogens is 281 g/mol. The van der Waals surface area contributed by atoms with Crippen molar-refractivity contribution < 1.29 is 14.3 Å². The van der Waals surface area contributed by atoms with Crippen molar-refractivity contribution in [1.29, 1.82) is 0 Å². The summed E-state index contributed by atoms with van der Waals surface area (Å²) in [5.74, 6) is -0.884. The Balaban J connectivity index is 2.11. The van der Waals surface area contributed by atoms with E-state index in [4.69, 9.17) is 16.7 Å². The van der Waals surface area contributed by atoms with Crippen molar-refractivity contribution in [3.8, 4) is 0 Å². The van der Waals surface area contributed by atoms with Crippen LogP contribution in [0.3, 0.4) is 0 Å². The smallest absolute Gasteiger partial charge is 0.257 e. The molecule has 3 nitrogen and oxygen atoms in total. The minimum atomic E-state index is -0.486. The first-order valence-electron chi connectivity index (χ1n) is 6.06. The summed E-state index contributed by atoms with van der Waals surface area (Å²) in [5, 5.41) is 11.6. The highest BCUT2D eigenvalue weighted by atomic mass is 35.5. The molecule has 1 amide bonds. The average Bonchev–Trinajstić information content (AvgIpc) is 2.41. The van der Waals surface area contributed by atoms with Gasteiger partial charge >= 0.3 is 0 Å². The second kappa shape index (κ2) is 6.50. The highest BCUT2D eigenvalue weighted by Crippen LogP contribution is 2.19. The summed E-state index contributed by atoms with van der Waals surface area (Å²) in [5.41, 5.74) is 1.80. The molecule has 0 heterocycles. The lowest BCUT2D eigenvalue weighted by molar-refractivity contribution is 0.102. The number of halogens is 2. The van der Waals surface area contributed by atoms with Crippen LogP contribution in [0.2, 0.25) is 5.02 Å². The second-order valence-electron chi connectivity index (χ2n) is 4.25. The predicted octanol–water partition coefficient (Wildman–Crippen LogP) is 3.27. The highest BCUT2D eigenvalue weighted by molar-refractivity contribution is 6.34. The lowest BCUT2D eigenvalue weighted by atomic mass is 10.1. The van der Waals surface area contributed by atoms with Crippen molar-refractivity contribution in [1.82, 2.24) is 0 Å². The molecule has 2 aromatic carbocycles. The molecule has 0 atom stereocenters. The van der Waals surface area contributed by atoms with E-state index in [1.807, 2.05) is 12.1 Å². The lowest BCUT2D eigenvalue weighted by Gasteiger charge is -2.07. The topological polar surface area (TPSA) is 49.3 Å². The molecule has 0 spiro atoms. The first kappa shape index (κ1) is 14.5. The molecular formula is C15H13ClFNO2. The van der Waals surface area contributed by atoms with Crippen LogP contribution in [0.1, 0.15) is 15.9 Å². The zero-order valence-corrected chi connectivity index (χ0v) is 11.3. The monoisotopic (exact) mass is 293 g/mol. The molecule has 0 unspecified atom stereocenters. The Morgan fingerprint density at radius 1 is 1.20 bits per heavy atom. The number of anilines is 1. The van der Waals surface area contributed by atoms with E-state index < -0.39 is 11.7 Å². The molecule has 0 radical (unpaired) electrons. The quantitative estimate of drug-likeness (QED) is 0.909. The number of rotatable bonds is 4. The molecule has 20 heavy (non-hydrogen) atoms. The maximum atomic E-state index is 12.9. The molecule has 0 aliphatic carbocycles. The summed E-state index contributed by atoms with van der Waals surface area (Å²) in [6, 6.07) is 10.7. The molecule has 2 N–H and O–H groups in total. The summed E-state index contributed by atoms with van der Waals surface area (Å²) in [6.45, 7) is 0.0803. The SMILES string of the molecule is O=C(Nc1ccc(CCO)cc1)c1ccc(F)cc1Cl. The Kier molecular flexibility index (Phi) is 4.71. The minimum Gasteiger partial charge on any atom is -0.396 e. The Bertz CT molecular complexity index is 614. The van der Waals surface area contributed by atoms with Gasteiger partial charge in [-0.25, -0.2) is 4.39 Å². The normalized spacial score (nSPS) is 10.3. The largest absolute Gasteiger partial charge is 0.396 e. The molecule has 0 aliphatic rings. The number of hydrogen-bond acceptors (Lipinski definition) is 2. The Morgan fingerprint density at radius 3 is 2.50 bits per heavy atom. The standard InChI is InChI=1S/C15H13ClFNO2/c16-14-9-11(17)3-6-13(14)15(20)18-12-4-1-10(2-5-12)7-8-19/h1-6,9,19H,7-8H2,(H,18,20). The van der Waals surface area contributed by atoms with E-state index in [9.17, 15) is 9.18 Å². The van der Waals surface area contributed by atoms with Gasteiger partial charge in [-0.2, -0.15) is 0 Å². The van der Waals surface area contributed by atoms with Crippen LogP contribution in [0.4, 0.5) is 10.1 Å². The van der Waals surface area contributed by atoms with Crippen molar-refractivity contribution in [2.45, 2.75) is 6.42 Å². The van der Waals surface area contributed by atoms with Gasteiger partial charge in [0.25, 0.3) is 5.91 Å². The molecule has 0 saturated carbocycles. The summed E-state index contributed by atoms with van der Waals surface area (Å²) in [4.78, 5) is 12.0. The first-order chi connectivity index (χ1) is 9.60. The third-order valence-corrected chi connectivity index (χ3v) is 3.10. The number of carbonyl (C=O) groups is 1. The maximum absolute atomic E-state index is 12.9. The average molecular weight is 294 g/mol. The van der Waals surface area contributed by atoms with E-state index in [2.05, 4.69) is 5.32 Å². The van der Waals surface area contributed by atoms with Crippen LogP contribution in [-0.2, 0) is 6.42 Å². The lowest BCUT2D eigenvalue weighted by Crippen LogP contribution is -2.12. The number of aliphatic hydroxyl groups is 1. The number of amides is 1. The van der Waals surface area contributed by atoms with Gasteiger partial charge in [-0.3, -0.25) is 4.79 Å².